The minimum absolute atomic E-state index is 0.0754. The maximum atomic E-state index is 13.8. The number of carbonyl (C=O) groups is 2. The second kappa shape index (κ2) is 7.00. The van der Waals surface area contributed by atoms with Gasteiger partial charge in [0, 0.05) is 38.1 Å². The second-order valence-corrected chi connectivity index (χ2v) is 5.77. The number of aromatic nitrogens is 1. The molecule has 0 unspecified atom stereocenters. The maximum Gasteiger partial charge on any atom is 0.257 e. The quantitative estimate of drug-likeness (QED) is 0.860. The molecular weight excluding hydrogens is 335 g/mol. The highest BCUT2D eigenvalue weighted by Crippen LogP contribution is 2.18. The van der Waals surface area contributed by atoms with Gasteiger partial charge in [0.15, 0.2) is 17.5 Å². The van der Waals surface area contributed by atoms with Gasteiger partial charge in [0.25, 0.3) is 5.91 Å². The van der Waals surface area contributed by atoms with Crippen molar-refractivity contribution in [3.05, 3.63) is 59.2 Å². The molecule has 2 aromatic rings. The van der Waals surface area contributed by atoms with Gasteiger partial charge in [0.1, 0.15) is 0 Å². The van der Waals surface area contributed by atoms with Crippen LogP contribution in [0.3, 0.4) is 0 Å². The fraction of sp³-hybridized carbons (Fsp3) is 0.294. The lowest BCUT2D eigenvalue weighted by molar-refractivity contribution is -0.132. The van der Waals surface area contributed by atoms with Crippen molar-refractivity contribution in [3.63, 3.8) is 0 Å². The summed E-state index contributed by atoms with van der Waals surface area (Å²) in [5.41, 5.74) is 0.289. The summed E-state index contributed by atoms with van der Waals surface area (Å²) in [6.45, 7) is 1.01. The fourth-order valence-corrected chi connectivity index (χ4v) is 2.77. The number of hydrogen-bond acceptors (Lipinski definition) is 2. The molecule has 1 aromatic heterocycles. The molecule has 0 atom stereocenters. The Bertz CT molecular complexity index is 785. The van der Waals surface area contributed by atoms with Gasteiger partial charge in [-0.25, -0.2) is 13.2 Å². The van der Waals surface area contributed by atoms with Crippen molar-refractivity contribution in [1.29, 1.82) is 0 Å². The lowest BCUT2D eigenvalue weighted by Gasteiger charge is -2.34. The van der Waals surface area contributed by atoms with Gasteiger partial charge in [-0.15, -0.1) is 0 Å². The Hall–Kier alpha value is -2.77. The van der Waals surface area contributed by atoms with Crippen molar-refractivity contribution in [2.45, 2.75) is 6.42 Å². The molecule has 0 spiro atoms. The van der Waals surface area contributed by atoms with E-state index in [1.165, 1.54) is 4.90 Å². The van der Waals surface area contributed by atoms with Crippen LogP contribution in [0.15, 0.2) is 30.5 Å². The Kier molecular flexibility index (Phi) is 4.78. The zero-order valence-corrected chi connectivity index (χ0v) is 13.3. The summed E-state index contributed by atoms with van der Waals surface area (Å²) in [7, 11) is 0. The second-order valence-electron chi connectivity index (χ2n) is 5.77. The van der Waals surface area contributed by atoms with E-state index >= 15 is 0 Å². The largest absolute Gasteiger partial charge is 0.365 e. The smallest absolute Gasteiger partial charge is 0.257 e. The first-order chi connectivity index (χ1) is 12.0. The predicted molar refractivity (Wildman–Crippen MR) is 83.3 cm³/mol. The minimum Gasteiger partial charge on any atom is -0.365 e. The van der Waals surface area contributed by atoms with Gasteiger partial charge in [0.05, 0.1) is 12.0 Å². The molecule has 0 radical (unpaired) electrons. The maximum absolute atomic E-state index is 13.8. The summed E-state index contributed by atoms with van der Waals surface area (Å²) >= 11 is 0. The van der Waals surface area contributed by atoms with Crippen molar-refractivity contribution in [2.24, 2.45) is 0 Å². The van der Waals surface area contributed by atoms with E-state index in [2.05, 4.69) is 4.98 Å². The van der Waals surface area contributed by atoms with Crippen LogP contribution < -0.4 is 0 Å². The zero-order valence-electron chi connectivity index (χ0n) is 13.3. The molecule has 2 heterocycles. The standard InChI is InChI=1S/C17H16F3N3O2/c18-13-4-3-12(15(19)16(13)20)17(25)23-8-6-22(7-9-23)14(24)10-11-2-1-5-21-11/h1-5,21H,6-10H2. The Balaban J connectivity index is 1.61. The molecule has 1 aliphatic rings. The van der Waals surface area contributed by atoms with Crippen LogP contribution in [0.25, 0.3) is 0 Å². The van der Waals surface area contributed by atoms with Crippen LogP contribution in [0.2, 0.25) is 0 Å². The van der Waals surface area contributed by atoms with Crippen LogP contribution in [0.4, 0.5) is 13.2 Å². The average molecular weight is 351 g/mol. The van der Waals surface area contributed by atoms with E-state index in [0.717, 1.165) is 17.8 Å². The van der Waals surface area contributed by atoms with Crippen molar-refractivity contribution in [2.75, 3.05) is 26.2 Å². The Labute approximate surface area is 142 Å². The first kappa shape index (κ1) is 17.1. The van der Waals surface area contributed by atoms with E-state index in [9.17, 15) is 22.8 Å². The number of hydrogen-bond donors (Lipinski definition) is 1. The van der Waals surface area contributed by atoms with Crippen LogP contribution in [-0.2, 0) is 11.2 Å². The van der Waals surface area contributed by atoms with Crippen molar-refractivity contribution < 1.29 is 22.8 Å². The van der Waals surface area contributed by atoms with E-state index in [1.54, 1.807) is 17.2 Å². The van der Waals surface area contributed by atoms with Crippen LogP contribution >= 0.6 is 0 Å². The number of nitrogens with one attached hydrogen (secondary N) is 1. The van der Waals surface area contributed by atoms with Crippen molar-refractivity contribution in [1.82, 2.24) is 14.8 Å². The lowest BCUT2D eigenvalue weighted by Crippen LogP contribution is -2.51. The molecule has 5 nitrogen and oxygen atoms in total. The van der Waals surface area contributed by atoms with E-state index in [4.69, 9.17) is 0 Å². The third kappa shape index (κ3) is 3.52. The molecule has 132 valence electrons. The number of halogens is 3. The Morgan fingerprint density at radius 2 is 1.64 bits per heavy atom. The van der Waals surface area contributed by atoms with Crippen LogP contribution in [-0.4, -0.2) is 52.8 Å². The summed E-state index contributed by atoms with van der Waals surface area (Å²) < 4.78 is 40.0. The summed E-state index contributed by atoms with van der Waals surface area (Å²) in [4.78, 5) is 30.4. The van der Waals surface area contributed by atoms with Crippen molar-refractivity contribution in [3.8, 4) is 0 Å². The number of rotatable bonds is 3. The van der Waals surface area contributed by atoms with E-state index in [0.29, 0.717) is 13.1 Å². The molecule has 8 heteroatoms. The summed E-state index contributed by atoms with van der Waals surface area (Å²) in [6, 6.07) is 5.26. The molecule has 1 N–H and O–H groups in total. The number of benzene rings is 1. The zero-order chi connectivity index (χ0) is 18.0. The molecule has 3 rings (SSSR count). The molecule has 25 heavy (non-hydrogen) atoms. The molecule has 0 bridgehead atoms. The van der Waals surface area contributed by atoms with Gasteiger partial charge in [-0.2, -0.15) is 0 Å². The molecule has 1 saturated heterocycles. The van der Waals surface area contributed by atoms with Crippen molar-refractivity contribution >= 4 is 11.8 Å². The first-order valence-corrected chi connectivity index (χ1v) is 7.80. The normalized spacial score (nSPS) is 14.7. The predicted octanol–water partition coefficient (Wildman–Crippen LogP) is 1.96. The van der Waals surface area contributed by atoms with E-state index in [1.807, 2.05) is 6.07 Å². The van der Waals surface area contributed by atoms with E-state index in [-0.39, 0.29) is 25.4 Å². The number of nitrogens with zero attached hydrogens (tertiary/aromatic N) is 2. The van der Waals surface area contributed by atoms with Gasteiger partial charge in [0.2, 0.25) is 5.91 Å². The molecular formula is C17H16F3N3O2. The molecule has 0 saturated carbocycles. The van der Waals surface area contributed by atoms with Crippen LogP contribution in [0.5, 0.6) is 0 Å². The summed E-state index contributed by atoms with van der Waals surface area (Å²) in [6.07, 6.45) is 1.97. The highest BCUT2D eigenvalue weighted by molar-refractivity contribution is 5.94. The van der Waals surface area contributed by atoms with Gasteiger partial charge in [-0.05, 0) is 24.3 Å². The van der Waals surface area contributed by atoms with Gasteiger partial charge < -0.3 is 14.8 Å². The summed E-state index contributed by atoms with van der Waals surface area (Å²) in [5.74, 6) is -5.28. The van der Waals surface area contributed by atoms with Gasteiger partial charge >= 0.3 is 0 Å². The Morgan fingerprint density at radius 1 is 0.960 bits per heavy atom. The minimum atomic E-state index is -1.66. The molecule has 1 aromatic carbocycles. The number of carbonyl (C=O) groups excluding carboxylic acids is 2. The fourth-order valence-electron chi connectivity index (χ4n) is 2.77. The third-order valence-electron chi connectivity index (χ3n) is 4.19. The van der Waals surface area contributed by atoms with E-state index < -0.39 is 28.9 Å². The number of aromatic amines is 1. The SMILES string of the molecule is O=C(Cc1ccc[nH]1)N1CCN(C(=O)c2ccc(F)c(F)c2F)CC1. The van der Waals surface area contributed by atoms with Gasteiger partial charge in [-0.1, -0.05) is 0 Å². The number of piperazine rings is 1. The topological polar surface area (TPSA) is 56.4 Å². The lowest BCUT2D eigenvalue weighted by atomic mass is 10.1. The molecule has 1 aliphatic heterocycles. The highest BCUT2D eigenvalue weighted by Gasteiger charge is 2.28. The molecule has 0 aliphatic carbocycles. The monoisotopic (exact) mass is 351 g/mol. The third-order valence-corrected chi connectivity index (χ3v) is 4.19. The molecule has 1 fully saturated rings. The molecule has 2 amide bonds. The number of H-pyrrole nitrogens is 1. The summed E-state index contributed by atoms with van der Waals surface area (Å²) in [5, 5.41) is 0. The van der Waals surface area contributed by atoms with Crippen LogP contribution in [0.1, 0.15) is 16.1 Å². The van der Waals surface area contributed by atoms with Gasteiger partial charge in [-0.3, -0.25) is 9.59 Å². The highest BCUT2D eigenvalue weighted by atomic mass is 19.2. The average Bonchev–Trinajstić information content (AvgIpc) is 3.12. The Morgan fingerprint density at radius 3 is 2.28 bits per heavy atom. The number of amides is 2. The first-order valence-electron chi connectivity index (χ1n) is 7.80. The van der Waals surface area contributed by atoms with Crippen LogP contribution in [0, 0.1) is 17.5 Å².